The van der Waals surface area contributed by atoms with Gasteiger partial charge in [0.2, 0.25) is 10.0 Å². The van der Waals surface area contributed by atoms with Crippen molar-refractivity contribution in [3.63, 3.8) is 0 Å². The van der Waals surface area contributed by atoms with Gasteiger partial charge in [0.25, 0.3) is 0 Å². The van der Waals surface area contributed by atoms with Gasteiger partial charge in [0.05, 0.1) is 10.0 Å². The summed E-state index contributed by atoms with van der Waals surface area (Å²) < 4.78 is 27.9. The Labute approximate surface area is 144 Å². The second kappa shape index (κ2) is 7.64. The maximum atomic E-state index is 12.3. The van der Waals surface area contributed by atoms with E-state index in [9.17, 15) is 8.42 Å². The topological polar surface area (TPSA) is 46.2 Å². The Kier molecular flexibility index (Phi) is 6.38. The van der Waals surface area contributed by atoms with E-state index in [0.717, 1.165) is 6.42 Å². The molecule has 0 bridgehead atoms. The smallest absolute Gasteiger partial charge is 0.211 e. The minimum absolute atomic E-state index is 0.0438. The summed E-state index contributed by atoms with van der Waals surface area (Å²) in [6.45, 7) is 0.426. The van der Waals surface area contributed by atoms with Gasteiger partial charge in [-0.25, -0.2) is 13.1 Å². The van der Waals surface area contributed by atoms with Gasteiger partial charge in [0.15, 0.2) is 0 Å². The minimum Gasteiger partial charge on any atom is -0.211 e. The van der Waals surface area contributed by atoms with Gasteiger partial charge in [-0.05, 0) is 24.5 Å². The van der Waals surface area contributed by atoms with Crippen LogP contribution in [0.5, 0.6) is 0 Å². The van der Waals surface area contributed by atoms with E-state index in [-0.39, 0.29) is 14.9 Å². The van der Waals surface area contributed by atoms with E-state index in [1.54, 1.807) is 0 Å². The molecule has 0 amide bonds. The fourth-order valence-corrected chi connectivity index (χ4v) is 5.71. The third-order valence-corrected chi connectivity index (χ3v) is 6.64. The molecule has 0 unspecified atom stereocenters. The number of benzene rings is 1. The molecule has 1 aliphatic rings. The summed E-state index contributed by atoms with van der Waals surface area (Å²) in [4.78, 5) is -0.0438. The molecule has 3 nitrogen and oxygen atoms in total. The van der Waals surface area contributed by atoms with Crippen molar-refractivity contribution in [3.8, 4) is 0 Å². The first kappa shape index (κ1) is 17.5. The summed E-state index contributed by atoms with van der Waals surface area (Å²) >= 11 is 15.3. The van der Waals surface area contributed by atoms with Gasteiger partial charge in [-0.15, -0.1) is 0 Å². The van der Waals surface area contributed by atoms with Crippen LogP contribution in [0.1, 0.15) is 38.5 Å². The van der Waals surface area contributed by atoms with Crippen molar-refractivity contribution in [1.29, 1.82) is 0 Å². The predicted octanol–water partition coefficient (Wildman–Crippen LogP) is 5.00. The summed E-state index contributed by atoms with van der Waals surface area (Å²) in [5, 5.41) is 0.249. The molecule has 0 atom stereocenters. The number of hydrogen-bond donors (Lipinski definition) is 1. The van der Waals surface area contributed by atoms with Gasteiger partial charge in [-0.1, -0.05) is 71.2 Å². The van der Waals surface area contributed by atoms with Crippen LogP contribution in [0.3, 0.4) is 0 Å². The van der Waals surface area contributed by atoms with Crippen LogP contribution < -0.4 is 4.72 Å². The number of nitrogens with one attached hydrogen (secondary N) is 1. The molecule has 0 spiro atoms. The Balaban J connectivity index is 2.01. The molecule has 1 fully saturated rings. The molecule has 0 heterocycles. The third kappa shape index (κ3) is 4.83. The third-order valence-electron chi connectivity index (χ3n) is 3.80. The summed E-state index contributed by atoms with van der Waals surface area (Å²) in [5.74, 6) is 0.623. The van der Waals surface area contributed by atoms with Crippen molar-refractivity contribution in [2.75, 3.05) is 6.54 Å². The lowest BCUT2D eigenvalue weighted by Crippen LogP contribution is -2.27. The zero-order valence-corrected chi connectivity index (χ0v) is 15.5. The fraction of sp³-hybridized carbons (Fsp3) is 0.571. The van der Waals surface area contributed by atoms with Crippen molar-refractivity contribution in [2.24, 2.45) is 5.92 Å². The van der Waals surface area contributed by atoms with Gasteiger partial charge < -0.3 is 0 Å². The minimum atomic E-state index is -3.67. The van der Waals surface area contributed by atoms with E-state index in [2.05, 4.69) is 20.7 Å². The summed E-state index contributed by atoms with van der Waals surface area (Å²) in [5.41, 5.74) is 0. The number of sulfonamides is 1. The number of rotatable bonds is 5. The molecule has 0 aliphatic heterocycles. The quantitative estimate of drug-likeness (QED) is 0.736. The van der Waals surface area contributed by atoms with Gasteiger partial charge >= 0.3 is 0 Å². The van der Waals surface area contributed by atoms with Crippen LogP contribution in [-0.2, 0) is 10.0 Å². The highest BCUT2D eigenvalue weighted by atomic mass is 79.9. The molecule has 1 aliphatic carbocycles. The molecule has 1 aromatic carbocycles. The lowest BCUT2D eigenvalue weighted by Gasteiger charge is -2.21. The SMILES string of the molecule is O=S(=O)(NCCC1CCCCC1)c1c(Cl)cc(Br)cc1Cl. The molecule has 1 N–H and O–H groups in total. The van der Waals surface area contributed by atoms with Gasteiger partial charge in [0, 0.05) is 11.0 Å². The average Bonchev–Trinajstić information content (AvgIpc) is 2.38. The largest absolute Gasteiger partial charge is 0.243 e. The van der Waals surface area contributed by atoms with E-state index >= 15 is 0 Å². The predicted molar refractivity (Wildman–Crippen MR) is 90.5 cm³/mol. The first-order valence-corrected chi connectivity index (χ1v) is 10.1. The highest BCUT2D eigenvalue weighted by Gasteiger charge is 2.22. The standard InChI is InChI=1S/C14H18BrCl2NO2S/c15-11-8-12(16)14(13(17)9-11)21(19,20)18-7-6-10-4-2-1-3-5-10/h8-10,18H,1-7H2. The lowest BCUT2D eigenvalue weighted by molar-refractivity contribution is 0.339. The zero-order chi connectivity index (χ0) is 15.5. The normalized spacial score (nSPS) is 17.1. The first-order chi connectivity index (χ1) is 9.90. The Morgan fingerprint density at radius 3 is 2.29 bits per heavy atom. The Hall–Kier alpha value is 0.190. The molecule has 1 aromatic rings. The number of hydrogen-bond acceptors (Lipinski definition) is 2. The zero-order valence-electron chi connectivity index (χ0n) is 11.5. The van der Waals surface area contributed by atoms with E-state index in [1.165, 1.54) is 44.2 Å². The number of halogens is 3. The highest BCUT2D eigenvalue weighted by molar-refractivity contribution is 9.10. The molecule has 0 aromatic heterocycles. The Morgan fingerprint density at radius 1 is 1.14 bits per heavy atom. The first-order valence-electron chi connectivity index (χ1n) is 7.04. The Morgan fingerprint density at radius 2 is 1.71 bits per heavy atom. The average molecular weight is 415 g/mol. The van der Waals surface area contributed by atoms with Crippen LogP contribution in [0.15, 0.2) is 21.5 Å². The molecule has 2 rings (SSSR count). The maximum absolute atomic E-state index is 12.3. The summed E-state index contributed by atoms with van der Waals surface area (Å²) in [7, 11) is -3.67. The molecular formula is C14H18BrCl2NO2S. The van der Waals surface area contributed by atoms with Crippen molar-refractivity contribution in [2.45, 2.75) is 43.4 Å². The van der Waals surface area contributed by atoms with Crippen molar-refractivity contribution in [3.05, 3.63) is 26.7 Å². The Bertz CT molecular complexity index is 578. The maximum Gasteiger partial charge on any atom is 0.243 e. The summed E-state index contributed by atoms with van der Waals surface area (Å²) in [6, 6.07) is 3.06. The molecule has 0 saturated heterocycles. The van der Waals surface area contributed by atoms with Crippen LogP contribution >= 0.6 is 39.1 Å². The molecule has 118 valence electrons. The van der Waals surface area contributed by atoms with Crippen molar-refractivity contribution >= 4 is 49.2 Å². The van der Waals surface area contributed by atoms with E-state index in [1.807, 2.05) is 0 Å². The summed E-state index contributed by atoms with van der Waals surface area (Å²) in [6.07, 6.45) is 7.06. The molecule has 0 radical (unpaired) electrons. The van der Waals surface area contributed by atoms with E-state index in [4.69, 9.17) is 23.2 Å². The van der Waals surface area contributed by atoms with Crippen LogP contribution in [0, 0.1) is 5.92 Å². The molecular weight excluding hydrogens is 397 g/mol. The van der Waals surface area contributed by atoms with Crippen LogP contribution in [0.25, 0.3) is 0 Å². The molecule has 21 heavy (non-hydrogen) atoms. The van der Waals surface area contributed by atoms with Gasteiger partial charge in [-0.3, -0.25) is 0 Å². The van der Waals surface area contributed by atoms with Crippen molar-refractivity contribution in [1.82, 2.24) is 4.72 Å². The van der Waals surface area contributed by atoms with Crippen molar-refractivity contribution < 1.29 is 8.42 Å². The van der Waals surface area contributed by atoms with Crippen LogP contribution in [0.4, 0.5) is 0 Å². The highest BCUT2D eigenvalue weighted by Crippen LogP contribution is 2.33. The second-order valence-electron chi connectivity index (χ2n) is 5.39. The molecule has 1 saturated carbocycles. The van der Waals surface area contributed by atoms with Gasteiger partial charge in [0.1, 0.15) is 4.90 Å². The monoisotopic (exact) mass is 413 g/mol. The van der Waals surface area contributed by atoms with Crippen LogP contribution in [0.2, 0.25) is 10.0 Å². The van der Waals surface area contributed by atoms with Gasteiger partial charge in [-0.2, -0.15) is 0 Å². The fourth-order valence-electron chi connectivity index (χ4n) is 2.73. The molecule has 7 heteroatoms. The van der Waals surface area contributed by atoms with Crippen LogP contribution in [-0.4, -0.2) is 15.0 Å². The lowest BCUT2D eigenvalue weighted by atomic mass is 9.87. The van der Waals surface area contributed by atoms with E-state index in [0.29, 0.717) is 16.9 Å². The van der Waals surface area contributed by atoms with E-state index < -0.39 is 10.0 Å². The second-order valence-corrected chi connectivity index (χ2v) is 8.82.